The minimum absolute atomic E-state index is 0.0724. The number of hydrogen-bond acceptors (Lipinski definition) is 8. The van der Waals surface area contributed by atoms with Gasteiger partial charge in [0.2, 0.25) is 17.2 Å². The standard InChI is InChI=1S/C20H23N2O6P/c1-24-16-11-10-15(12-17(16)25-2)18-22-20(29(23,26-3)27-4)19(28-18)21-13-14-8-6-5-7-9-14/h5-12,21H,13H2,1-4H3. The summed E-state index contributed by atoms with van der Waals surface area (Å²) in [5, 5.41) is 3.13. The number of anilines is 1. The van der Waals surface area contributed by atoms with Crippen LogP contribution in [0.15, 0.2) is 52.9 Å². The fourth-order valence-electron chi connectivity index (χ4n) is 2.73. The molecule has 0 aliphatic heterocycles. The van der Waals surface area contributed by atoms with Crippen LogP contribution >= 0.6 is 7.60 Å². The van der Waals surface area contributed by atoms with Gasteiger partial charge in [0.05, 0.1) is 14.2 Å². The molecule has 0 aliphatic rings. The SMILES string of the molecule is COc1ccc(-c2nc(P(=O)(OC)OC)c(NCc3ccccc3)o2)cc1OC. The average Bonchev–Trinajstić information content (AvgIpc) is 3.22. The lowest BCUT2D eigenvalue weighted by atomic mass is 10.2. The van der Waals surface area contributed by atoms with Gasteiger partial charge in [-0.1, -0.05) is 30.3 Å². The van der Waals surface area contributed by atoms with Gasteiger partial charge in [0.25, 0.3) is 0 Å². The second kappa shape index (κ2) is 9.13. The third-order valence-corrected chi connectivity index (χ3v) is 6.06. The molecule has 1 N–H and O–H groups in total. The van der Waals surface area contributed by atoms with E-state index in [0.717, 1.165) is 5.56 Å². The molecule has 0 amide bonds. The van der Waals surface area contributed by atoms with Crippen molar-refractivity contribution in [1.29, 1.82) is 0 Å². The summed E-state index contributed by atoms with van der Waals surface area (Å²) in [7, 11) is 2.05. The van der Waals surface area contributed by atoms with Crippen molar-refractivity contribution in [3.05, 3.63) is 54.1 Å². The summed E-state index contributed by atoms with van der Waals surface area (Å²) in [6, 6.07) is 15.0. The molecule has 0 saturated carbocycles. The van der Waals surface area contributed by atoms with Crippen molar-refractivity contribution in [2.24, 2.45) is 0 Å². The van der Waals surface area contributed by atoms with Gasteiger partial charge in [-0.2, -0.15) is 4.98 Å². The number of hydrogen-bond donors (Lipinski definition) is 1. The average molecular weight is 418 g/mol. The van der Waals surface area contributed by atoms with Crippen LogP contribution in [0.25, 0.3) is 11.5 Å². The number of rotatable bonds is 9. The molecule has 0 radical (unpaired) electrons. The Balaban J connectivity index is 2.01. The van der Waals surface area contributed by atoms with Crippen molar-refractivity contribution < 1.29 is 27.5 Å². The lowest BCUT2D eigenvalue weighted by molar-refractivity contribution is 0.286. The van der Waals surface area contributed by atoms with E-state index in [-0.39, 0.29) is 17.2 Å². The van der Waals surface area contributed by atoms with Crippen molar-refractivity contribution in [2.45, 2.75) is 6.54 Å². The third kappa shape index (κ3) is 4.45. The highest BCUT2D eigenvalue weighted by molar-refractivity contribution is 7.62. The molecule has 0 aliphatic carbocycles. The first-order chi connectivity index (χ1) is 14.0. The molecule has 0 unspecified atom stereocenters. The molecule has 0 bridgehead atoms. The molecule has 8 nitrogen and oxygen atoms in total. The normalized spacial score (nSPS) is 11.3. The molecule has 0 spiro atoms. The molecule has 1 aromatic heterocycles. The van der Waals surface area contributed by atoms with Crippen LogP contribution in [0, 0.1) is 0 Å². The maximum Gasteiger partial charge on any atom is 0.384 e. The molecule has 0 atom stereocenters. The summed E-state index contributed by atoms with van der Waals surface area (Å²) in [4.78, 5) is 4.40. The van der Waals surface area contributed by atoms with Crippen LogP contribution in [0.5, 0.6) is 11.5 Å². The van der Waals surface area contributed by atoms with Crippen molar-refractivity contribution in [1.82, 2.24) is 4.98 Å². The number of nitrogens with zero attached hydrogens (tertiary/aromatic N) is 1. The van der Waals surface area contributed by atoms with Gasteiger partial charge >= 0.3 is 7.60 Å². The van der Waals surface area contributed by atoms with E-state index >= 15 is 0 Å². The van der Waals surface area contributed by atoms with Crippen molar-refractivity contribution in [2.75, 3.05) is 33.8 Å². The Morgan fingerprint density at radius 3 is 2.28 bits per heavy atom. The summed E-state index contributed by atoms with van der Waals surface area (Å²) in [6.45, 7) is 0.446. The predicted molar refractivity (Wildman–Crippen MR) is 110 cm³/mol. The number of oxazole rings is 1. The topological polar surface area (TPSA) is 92.1 Å². The largest absolute Gasteiger partial charge is 0.493 e. The van der Waals surface area contributed by atoms with Crippen LogP contribution in [0.2, 0.25) is 0 Å². The van der Waals surface area contributed by atoms with E-state index in [1.54, 1.807) is 32.4 Å². The molecule has 9 heteroatoms. The van der Waals surface area contributed by atoms with E-state index in [1.807, 2.05) is 30.3 Å². The Morgan fingerprint density at radius 1 is 0.966 bits per heavy atom. The fourth-order valence-corrected chi connectivity index (χ4v) is 3.81. The lowest BCUT2D eigenvalue weighted by Crippen LogP contribution is -2.14. The minimum Gasteiger partial charge on any atom is -0.493 e. The Bertz CT molecular complexity index is 997. The molecule has 2 aromatic carbocycles. The van der Waals surface area contributed by atoms with Gasteiger partial charge in [-0.05, 0) is 23.8 Å². The second-order valence-corrected chi connectivity index (χ2v) is 8.09. The van der Waals surface area contributed by atoms with E-state index in [4.69, 9.17) is 22.9 Å². The van der Waals surface area contributed by atoms with Crippen LogP contribution < -0.4 is 20.2 Å². The number of aromatic nitrogens is 1. The van der Waals surface area contributed by atoms with E-state index in [1.165, 1.54) is 14.2 Å². The number of benzene rings is 2. The van der Waals surface area contributed by atoms with E-state index in [9.17, 15) is 4.57 Å². The summed E-state index contributed by atoms with van der Waals surface area (Å²) >= 11 is 0. The lowest BCUT2D eigenvalue weighted by Gasteiger charge is -2.12. The zero-order chi connectivity index (χ0) is 20.9. The molecular formula is C20H23N2O6P. The Hall–Kier alpha value is -2.80. The minimum atomic E-state index is -3.65. The van der Waals surface area contributed by atoms with Crippen LogP contribution in [-0.4, -0.2) is 33.4 Å². The molecule has 0 fully saturated rings. The highest BCUT2D eigenvalue weighted by Gasteiger charge is 2.34. The van der Waals surface area contributed by atoms with E-state index < -0.39 is 7.60 Å². The Morgan fingerprint density at radius 2 is 1.66 bits per heavy atom. The highest BCUT2D eigenvalue weighted by atomic mass is 31.2. The van der Waals surface area contributed by atoms with Crippen LogP contribution in [0.3, 0.4) is 0 Å². The first-order valence-electron chi connectivity index (χ1n) is 8.77. The van der Waals surface area contributed by atoms with Gasteiger partial charge in [0.1, 0.15) is 0 Å². The van der Waals surface area contributed by atoms with Crippen LogP contribution in [-0.2, 0) is 20.2 Å². The quantitative estimate of drug-likeness (QED) is 0.520. The van der Waals surface area contributed by atoms with Crippen molar-refractivity contribution in [3.8, 4) is 23.0 Å². The van der Waals surface area contributed by atoms with Crippen molar-refractivity contribution >= 4 is 18.9 Å². The zero-order valence-electron chi connectivity index (χ0n) is 16.7. The van der Waals surface area contributed by atoms with E-state index in [0.29, 0.717) is 23.6 Å². The summed E-state index contributed by atoms with van der Waals surface area (Å²) in [5.74, 6) is 1.55. The number of nitrogens with one attached hydrogen (secondary N) is 1. The van der Waals surface area contributed by atoms with Crippen LogP contribution in [0.4, 0.5) is 5.88 Å². The third-order valence-electron chi connectivity index (χ3n) is 4.28. The maximum absolute atomic E-state index is 13.0. The van der Waals surface area contributed by atoms with Gasteiger partial charge in [0, 0.05) is 26.3 Å². The molecule has 29 heavy (non-hydrogen) atoms. The Labute approximate surface area is 169 Å². The molecule has 1 heterocycles. The zero-order valence-corrected chi connectivity index (χ0v) is 17.6. The van der Waals surface area contributed by atoms with E-state index in [2.05, 4.69) is 10.3 Å². The first kappa shape index (κ1) is 20.9. The van der Waals surface area contributed by atoms with Gasteiger partial charge in [-0.3, -0.25) is 4.57 Å². The fraction of sp³-hybridized carbons (Fsp3) is 0.250. The smallest absolute Gasteiger partial charge is 0.384 e. The van der Waals surface area contributed by atoms with Gasteiger partial charge in [0.15, 0.2) is 11.5 Å². The predicted octanol–water partition coefficient (Wildman–Crippen LogP) is 4.08. The van der Waals surface area contributed by atoms with Gasteiger partial charge in [-0.25, -0.2) is 0 Å². The molecular weight excluding hydrogens is 395 g/mol. The number of methoxy groups -OCH3 is 2. The molecule has 0 saturated heterocycles. The van der Waals surface area contributed by atoms with Gasteiger partial charge < -0.3 is 28.3 Å². The van der Waals surface area contributed by atoms with Crippen LogP contribution in [0.1, 0.15) is 5.56 Å². The first-order valence-corrected chi connectivity index (χ1v) is 10.3. The molecule has 154 valence electrons. The summed E-state index contributed by atoms with van der Waals surface area (Å²) < 4.78 is 39.7. The maximum atomic E-state index is 13.0. The number of ether oxygens (including phenoxy) is 2. The molecule has 3 aromatic rings. The van der Waals surface area contributed by atoms with Gasteiger partial charge in [-0.15, -0.1) is 0 Å². The summed E-state index contributed by atoms with van der Waals surface area (Å²) in [5.41, 5.74) is 1.71. The second-order valence-electron chi connectivity index (χ2n) is 5.94. The highest BCUT2D eigenvalue weighted by Crippen LogP contribution is 2.48. The monoisotopic (exact) mass is 418 g/mol. The van der Waals surface area contributed by atoms with Crippen molar-refractivity contribution in [3.63, 3.8) is 0 Å². The Kier molecular flexibility index (Phi) is 6.59. The molecule has 3 rings (SSSR count). The summed E-state index contributed by atoms with van der Waals surface area (Å²) in [6.07, 6.45) is 0.